The van der Waals surface area contributed by atoms with E-state index in [2.05, 4.69) is 10.6 Å². The summed E-state index contributed by atoms with van der Waals surface area (Å²) in [5.74, 6) is 0.430. The Morgan fingerprint density at radius 1 is 1.12 bits per heavy atom. The Labute approximate surface area is 140 Å². The number of rotatable bonds is 7. The third-order valence-electron chi connectivity index (χ3n) is 3.56. The number of methoxy groups -OCH3 is 2. The lowest BCUT2D eigenvalue weighted by atomic mass is 10.1. The fraction of sp³-hybridized carbons (Fsp3) is 0.278. The van der Waals surface area contributed by atoms with Crippen LogP contribution in [0.5, 0.6) is 5.75 Å². The van der Waals surface area contributed by atoms with Gasteiger partial charge in [-0.25, -0.2) is 9.18 Å². The van der Waals surface area contributed by atoms with E-state index in [1.54, 1.807) is 26.4 Å². The molecular weight excluding hydrogens is 311 g/mol. The van der Waals surface area contributed by atoms with E-state index in [4.69, 9.17) is 9.47 Å². The van der Waals surface area contributed by atoms with Crippen LogP contribution < -0.4 is 15.4 Å². The predicted octanol–water partition coefficient (Wildman–Crippen LogP) is 3.02. The molecule has 0 unspecified atom stereocenters. The SMILES string of the molecule is COc1cccc([C@H](CNC(=O)NCc2ccc(F)cc2)OC)c1. The Morgan fingerprint density at radius 2 is 1.88 bits per heavy atom. The average Bonchev–Trinajstić information content (AvgIpc) is 2.62. The number of amides is 2. The molecule has 2 aromatic rings. The molecule has 0 heterocycles. The molecule has 2 rings (SSSR count). The van der Waals surface area contributed by atoms with E-state index in [-0.39, 0.29) is 18.0 Å². The lowest BCUT2D eigenvalue weighted by molar-refractivity contribution is 0.104. The van der Waals surface area contributed by atoms with E-state index < -0.39 is 0 Å². The van der Waals surface area contributed by atoms with Crippen LogP contribution >= 0.6 is 0 Å². The Hall–Kier alpha value is -2.60. The molecule has 5 nitrogen and oxygen atoms in total. The smallest absolute Gasteiger partial charge is 0.315 e. The number of benzene rings is 2. The van der Waals surface area contributed by atoms with Crippen molar-refractivity contribution in [2.24, 2.45) is 0 Å². The van der Waals surface area contributed by atoms with Gasteiger partial charge in [-0.2, -0.15) is 0 Å². The number of ether oxygens (including phenoxy) is 2. The maximum absolute atomic E-state index is 12.8. The van der Waals surface area contributed by atoms with Crippen LogP contribution in [0.2, 0.25) is 0 Å². The van der Waals surface area contributed by atoms with E-state index in [9.17, 15) is 9.18 Å². The summed E-state index contributed by atoms with van der Waals surface area (Å²) in [7, 11) is 3.18. The van der Waals surface area contributed by atoms with Gasteiger partial charge in [0.25, 0.3) is 0 Å². The third kappa shape index (κ3) is 5.24. The highest BCUT2D eigenvalue weighted by Crippen LogP contribution is 2.20. The van der Waals surface area contributed by atoms with Crippen LogP contribution in [0.25, 0.3) is 0 Å². The molecule has 24 heavy (non-hydrogen) atoms. The molecule has 0 spiro atoms. The van der Waals surface area contributed by atoms with Gasteiger partial charge in [0.15, 0.2) is 0 Å². The highest BCUT2D eigenvalue weighted by molar-refractivity contribution is 5.73. The first kappa shape index (κ1) is 17.7. The van der Waals surface area contributed by atoms with Gasteiger partial charge in [-0.1, -0.05) is 24.3 Å². The maximum Gasteiger partial charge on any atom is 0.315 e. The van der Waals surface area contributed by atoms with Crippen molar-refractivity contribution < 1.29 is 18.7 Å². The van der Waals surface area contributed by atoms with Crippen molar-refractivity contribution in [1.29, 1.82) is 0 Å². The van der Waals surface area contributed by atoms with Crippen LogP contribution in [0.4, 0.5) is 9.18 Å². The Balaban J connectivity index is 1.83. The molecule has 0 fully saturated rings. The molecule has 0 aliphatic heterocycles. The van der Waals surface area contributed by atoms with Crippen LogP contribution in [0, 0.1) is 5.82 Å². The van der Waals surface area contributed by atoms with Gasteiger partial charge in [-0.05, 0) is 35.4 Å². The number of hydrogen-bond donors (Lipinski definition) is 2. The standard InChI is InChI=1S/C18H21FN2O3/c1-23-16-5-3-4-14(10-16)17(24-2)12-21-18(22)20-11-13-6-8-15(19)9-7-13/h3-10,17H,11-12H2,1-2H3,(H2,20,21,22)/t17-/m0/s1. The molecule has 2 N–H and O–H groups in total. The third-order valence-corrected chi connectivity index (χ3v) is 3.56. The van der Waals surface area contributed by atoms with Crippen LogP contribution in [0.1, 0.15) is 17.2 Å². The molecule has 2 aromatic carbocycles. The molecule has 0 saturated carbocycles. The summed E-state index contributed by atoms with van der Waals surface area (Å²) in [6.45, 7) is 0.641. The molecular formula is C18H21FN2O3. The highest BCUT2D eigenvalue weighted by Gasteiger charge is 2.12. The van der Waals surface area contributed by atoms with Gasteiger partial charge in [-0.15, -0.1) is 0 Å². The van der Waals surface area contributed by atoms with Gasteiger partial charge in [0, 0.05) is 20.2 Å². The molecule has 0 radical (unpaired) electrons. The first-order valence-corrected chi connectivity index (χ1v) is 7.55. The molecule has 0 aromatic heterocycles. The summed E-state index contributed by atoms with van der Waals surface area (Å²) in [5.41, 5.74) is 1.73. The van der Waals surface area contributed by atoms with Crippen LogP contribution in [-0.4, -0.2) is 26.8 Å². The van der Waals surface area contributed by atoms with Crippen LogP contribution in [-0.2, 0) is 11.3 Å². The molecule has 0 aliphatic carbocycles. The largest absolute Gasteiger partial charge is 0.497 e. The number of urea groups is 1. The van der Waals surface area contributed by atoms with Crippen molar-refractivity contribution in [2.45, 2.75) is 12.6 Å². The summed E-state index contributed by atoms with van der Waals surface area (Å²) in [6, 6.07) is 13.2. The van der Waals surface area contributed by atoms with Crippen LogP contribution in [0.3, 0.4) is 0 Å². The van der Waals surface area contributed by atoms with Crippen molar-refractivity contribution in [1.82, 2.24) is 10.6 Å². The minimum absolute atomic E-state index is 0.281. The fourth-order valence-electron chi connectivity index (χ4n) is 2.21. The molecule has 6 heteroatoms. The van der Waals surface area contributed by atoms with E-state index >= 15 is 0 Å². The monoisotopic (exact) mass is 332 g/mol. The molecule has 1 atom stereocenters. The van der Waals surface area contributed by atoms with E-state index in [0.29, 0.717) is 13.1 Å². The second-order valence-corrected chi connectivity index (χ2v) is 5.19. The molecule has 0 aliphatic rings. The zero-order valence-electron chi connectivity index (χ0n) is 13.7. The number of halogens is 1. The maximum atomic E-state index is 12.8. The van der Waals surface area contributed by atoms with Crippen LogP contribution in [0.15, 0.2) is 48.5 Å². The Kier molecular flexibility index (Phi) is 6.57. The second-order valence-electron chi connectivity index (χ2n) is 5.19. The minimum Gasteiger partial charge on any atom is -0.497 e. The van der Waals surface area contributed by atoms with E-state index in [0.717, 1.165) is 16.9 Å². The number of carbonyl (C=O) groups is 1. The van der Waals surface area contributed by atoms with E-state index in [1.807, 2.05) is 24.3 Å². The molecule has 0 saturated heterocycles. The van der Waals surface area contributed by atoms with Gasteiger partial charge < -0.3 is 20.1 Å². The molecule has 128 valence electrons. The van der Waals surface area contributed by atoms with Crippen molar-refractivity contribution >= 4 is 6.03 Å². The van der Waals surface area contributed by atoms with E-state index in [1.165, 1.54) is 12.1 Å². The van der Waals surface area contributed by atoms with Crippen molar-refractivity contribution in [3.8, 4) is 5.75 Å². The Morgan fingerprint density at radius 3 is 2.54 bits per heavy atom. The zero-order valence-corrected chi connectivity index (χ0v) is 13.7. The van der Waals surface area contributed by atoms with Gasteiger partial charge in [0.2, 0.25) is 0 Å². The van der Waals surface area contributed by atoms with Crippen molar-refractivity contribution in [3.63, 3.8) is 0 Å². The first-order chi connectivity index (χ1) is 11.6. The summed E-state index contributed by atoms with van der Waals surface area (Å²) < 4.78 is 23.4. The minimum atomic E-state index is -0.315. The highest BCUT2D eigenvalue weighted by atomic mass is 19.1. The number of carbonyl (C=O) groups excluding carboxylic acids is 1. The van der Waals surface area contributed by atoms with Gasteiger partial charge in [0.1, 0.15) is 11.6 Å². The normalized spacial score (nSPS) is 11.6. The lowest BCUT2D eigenvalue weighted by Crippen LogP contribution is -2.37. The second kappa shape index (κ2) is 8.88. The summed E-state index contributed by atoms with van der Waals surface area (Å²) in [4.78, 5) is 11.9. The Bertz CT molecular complexity index is 662. The summed E-state index contributed by atoms with van der Waals surface area (Å²) in [5, 5.41) is 5.48. The van der Waals surface area contributed by atoms with Crippen molar-refractivity contribution in [3.05, 3.63) is 65.5 Å². The lowest BCUT2D eigenvalue weighted by Gasteiger charge is -2.17. The summed E-state index contributed by atoms with van der Waals surface area (Å²) >= 11 is 0. The average molecular weight is 332 g/mol. The number of nitrogens with one attached hydrogen (secondary N) is 2. The fourth-order valence-corrected chi connectivity index (χ4v) is 2.21. The molecule has 0 bridgehead atoms. The zero-order chi connectivity index (χ0) is 17.4. The number of hydrogen-bond acceptors (Lipinski definition) is 3. The summed E-state index contributed by atoms with van der Waals surface area (Å²) in [6.07, 6.45) is -0.281. The quantitative estimate of drug-likeness (QED) is 0.819. The van der Waals surface area contributed by atoms with Gasteiger partial charge in [-0.3, -0.25) is 0 Å². The topological polar surface area (TPSA) is 59.6 Å². The molecule has 2 amide bonds. The van der Waals surface area contributed by atoms with Gasteiger partial charge in [0.05, 0.1) is 13.2 Å². The van der Waals surface area contributed by atoms with Crippen molar-refractivity contribution in [2.75, 3.05) is 20.8 Å². The van der Waals surface area contributed by atoms with Gasteiger partial charge >= 0.3 is 6.03 Å². The first-order valence-electron chi connectivity index (χ1n) is 7.55. The predicted molar refractivity (Wildman–Crippen MR) is 89.4 cm³/mol.